The molecule has 0 aliphatic heterocycles. The molecule has 0 spiro atoms. The van der Waals surface area contributed by atoms with Crippen molar-refractivity contribution < 1.29 is 37.7 Å². The van der Waals surface area contributed by atoms with Gasteiger partial charge in [0.25, 0.3) is 0 Å². The van der Waals surface area contributed by atoms with Crippen molar-refractivity contribution in [2.75, 3.05) is 5.73 Å². The van der Waals surface area contributed by atoms with Gasteiger partial charge in [-0.25, -0.2) is 4.98 Å². The van der Waals surface area contributed by atoms with E-state index in [4.69, 9.17) is 5.73 Å². The van der Waals surface area contributed by atoms with Gasteiger partial charge in [0.15, 0.2) is 0 Å². The molecular weight excluding hydrogens is 151 g/mol. The smallest absolute Gasteiger partial charge is 0.123 e. The van der Waals surface area contributed by atoms with Crippen molar-refractivity contribution in [3.63, 3.8) is 0 Å². The summed E-state index contributed by atoms with van der Waals surface area (Å²) in [6, 6.07) is 5.43. The molecule has 3 radical (unpaired) electrons. The molecule has 0 aliphatic carbocycles. The van der Waals surface area contributed by atoms with Crippen LogP contribution in [0.25, 0.3) is 0 Å². The van der Waals surface area contributed by atoms with E-state index >= 15 is 0 Å². The Morgan fingerprint density at radius 2 is 1.90 bits per heavy atom. The first kappa shape index (κ1) is 16.7. The normalized spacial score (nSPS) is 6.00. The first-order valence-electron chi connectivity index (χ1n) is 2.06. The molecule has 2 N–H and O–H groups in total. The summed E-state index contributed by atoms with van der Waals surface area (Å²) in [5.74, 6) is 0.572. The maximum absolute atomic E-state index is 5.25. The van der Waals surface area contributed by atoms with Crippen LogP contribution in [-0.4, -0.2) is 13.4 Å². The Bertz CT molecular complexity index is 146. The minimum atomic E-state index is 0. The number of hydrogen-bond acceptors (Lipinski definition) is 2. The van der Waals surface area contributed by atoms with Crippen LogP contribution in [0.4, 0.5) is 5.82 Å². The van der Waals surface area contributed by atoms with Crippen LogP contribution < -0.4 is 5.73 Å². The number of pyridine rings is 1. The van der Waals surface area contributed by atoms with Crippen molar-refractivity contribution in [1.82, 2.24) is 4.98 Å². The molecule has 1 heterocycles. The Morgan fingerprint density at radius 3 is 2.10 bits per heavy atom. The number of aromatic nitrogens is 1. The van der Waals surface area contributed by atoms with Crippen LogP contribution in [0.2, 0.25) is 0 Å². The van der Waals surface area contributed by atoms with Gasteiger partial charge < -0.3 is 5.73 Å². The summed E-state index contributed by atoms with van der Waals surface area (Å²) < 4.78 is 0. The number of nitrogens with zero attached hydrogens (tertiary/aromatic N) is 1. The SMILES string of the molecule is C.Nc1ccccn1.[Ar].[B]. The van der Waals surface area contributed by atoms with Gasteiger partial charge >= 0.3 is 0 Å². The van der Waals surface area contributed by atoms with Crippen LogP contribution >= 0.6 is 0 Å². The van der Waals surface area contributed by atoms with E-state index in [0.29, 0.717) is 5.82 Å². The summed E-state index contributed by atoms with van der Waals surface area (Å²) in [5.41, 5.74) is 5.25. The molecule has 10 heavy (non-hydrogen) atoms. The second-order valence-electron chi connectivity index (χ2n) is 1.25. The summed E-state index contributed by atoms with van der Waals surface area (Å²) in [6.45, 7) is 0. The molecule has 0 bridgehead atoms. The molecule has 0 saturated carbocycles. The minimum absolute atomic E-state index is 0. The largest absolute Gasteiger partial charge is 0.384 e. The van der Waals surface area contributed by atoms with Gasteiger partial charge in [-0.1, -0.05) is 13.5 Å². The number of nitrogen functional groups attached to an aromatic ring is 1. The summed E-state index contributed by atoms with van der Waals surface area (Å²) in [5, 5.41) is 0. The molecule has 2 nitrogen and oxygen atoms in total. The Morgan fingerprint density at radius 1 is 1.30 bits per heavy atom. The molecule has 1 rings (SSSR count). The van der Waals surface area contributed by atoms with E-state index in [1.54, 1.807) is 12.3 Å². The van der Waals surface area contributed by atoms with Gasteiger partial charge in [-0.15, -0.1) is 0 Å². The molecule has 4 heteroatoms. The van der Waals surface area contributed by atoms with E-state index in [2.05, 4.69) is 4.98 Å². The standard InChI is InChI=1S/C5H6N2.CH4.Ar.B/c6-5-3-1-2-4-7-5;;;/h1-4H,(H2,6,7);1H4;;. The monoisotopic (exact) mass is 161 g/mol. The Kier molecular flexibility index (Phi) is 15.5. The van der Waals surface area contributed by atoms with Crippen molar-refractivity contribution in [1.29, 1.82) is 0 Å². The van der Waals surface area contributed by atoms with Crippen molar-refractivity contribution in [3.8, 4) is 0 Å². The van der Waals surface area contributed by atoms with E-state index in [-0.39, 0.29) is 53.6 Å². The molecule has 0 amide bonds. The molecule has 0 aromatic carbocycles. The van der Waals surface area contributed by atoms with E-state index in [1.807, 2.05) is 12.1 Å². The first-order chi connectivity index (χ1) is 3.39. The van der Waals surface area contributed by atoms with Gasteiger partial charge in [-0.2, -0.15) is 0 Å². The van der Waals surface area contributed by atoms with Gasteiger partial charge in [-0.3, -0.25) is 0 Å². The molecule has 0 fully saturated rings. The molecule has 0 atom stereocenters. The van der Waals surface area contributed by atoms with Gasteiger partial charge in [0.2, 0.25) is 0 Å². The van der Waals surface area contributed by atoms with Crippen LogP contribution in [0.1, 0.15) is 7.43 Å². The van der Waals surface area contributed by atoms with Crippen molar-refractivity contribution >= 4 is 14.2 Å². The molecule has 1 aromatic heterocycles. The maximum Gasteiger partial charge on any atom is 0.123 e. The Balaban J connectivity index is -0.000000163. The Hall–Kier alpha value is 0.275. The first-order valence-corrected chi connectivity index (χ1v) is 2.06. The quantitative estimate of drug-likeness (QED) is 0.574. The van der Waals surface area contributed by atoms with Crippen molar-refractivity contribution in [3.05, 3.63) is 24.4 Å². The number of rotatable bonds is 0. The predicted molar refractivity (Wildman–Crippen MR) is 41.1 cm³/mol. The van der Waals surface area contributed by atoms with E-state index < -0.39 is 0 Å². The summed E-state index contributed by atoms with van der Waals surface area (Å²) >= 11 is 0. The summed E-state index contributed by atoms with van der Waals surface area (Å²) in [7, 11) is 0. The summed E-state index contributed by atoms with van der Waals surface area (Å²) in [4.78, 5) is 3.76. The van der Waals surface area contributed by atoms with Crippen LogP contribution in [0.5, 0.6) is 0 Å². The molecule has 1 aromatic rings. The zero-order valence-corrected chi connectivity index (χ0v) is 5.47. The number of nitrogens with two attached hydrogens (primary N) is 1. The predicted octanol–water partition coefficient (Wildman–Crippen LogP) is 0.919. The summed E-state index contributed by atoms with van der Waals surface area (Å²) in [6.07, 6.45) is 1.66. The van der Waals surface area contributed by atoms with Crippen molar-refractivity contribution in [2.45, 2.75) is 7.43 Å². The molecule has 0 unspecified atom stereocenters. The van der Waals surface area contributed by atoms with Gasteiger partial charge in [0.1, 0.15) is 5.82 Å². The average molecular weight is 161 g/mol. The van der Waals surface area contributed by atoms with E-state index in [0.717, 1.165) is 0 Å². The minimum Gasteiger partial charge on any atom is -0.384 e. The van der Waals surface area contributed by atoms with E-state index in [9.17, 15) is 0 Å². The second kappa shape index (κ2) is 9.27. The Labute approximate surface area is 93.8 Å². The molecule has 55 valence electrons. The third-order valence-corrected chi connectivity index (χ3v) is 0.688. The second-order valence-corrected chi connectivity index (χ2v) is 1.25. The topological polar surface area (TPSA) is 38.9 Å². The number of anilines is 1. The fraction of sp³-hybridized carbons (Fsp3) is 0.167. The maximum atomic E-state index is 5.25. The fourth-order valence-corrected chi connectivity index (χ4v) is 0.376. The fourth-order valence-electron chi connectivity index (χ4n) is 0.376. The third kappa shape index (κ3) is 6.40. The van der Waals surface area contributed by atoms with Crippen molar-refractivity contribution in [2.24, 2.45) is 0 Å². The van der Waals surface area contributed by atoms with E-state index in [1.165, 1.54) is 0 Å². The molecular formula is C6H10ArBN2. The van der Waals surface area contributed by atoms with Gasteiger partial charge in [-0.05, 0) is 12.1 Å². The number of hydrogen-bond donors (Lipinski definition) is 1. The molecule has 0 aliphatic rings. The third-order valence-electron chi connectivity index (χ3n) is 0.688. The van der Waals surface area contributed by atoms with Crippen LogP contribution in [-0.2, 0) is 0 Å². The zero-order valence-electron chi connectivity index (χ0n) is 4.76. The van der Waals surface area contributed by atoms with Crippen LogP contribution in [0, 0.1) is 37.7 Å². The average Bonchev–Trinajstić information content (AvgIpc) is 1.69. The molecule has 0 saturated heterocycles. The zero-order chi connectivity index (χ0) is 5.11. The van der Waals surface area contributed by atoms with Crippen LogP contribution in [0.3, 0.4) is 0 Å². The van der Waals surface area contributed by atoms with Crippen LogP contribution in [0.15, 0.2) is 24.4 Å². The van der Waals surface area contributed by atoms with Gasteiger partial charge in [0.05, 0.1) is 0 Å². The van der Waals surface area contributed by atoms with Gasteiger partial charge in [0, 0.05) is 52.3 Å².